The second-order valence-corrected chi connectivity index (χ2v) is 9.38. The number of likely N-dealkylation sites (N-methyl/N-ethyl adjacent to an activating group) is 1. The molecule has 2 aromatic heterocycles. The van der Waals surface area contributed by atoms with Crippen molar-refractivity contribution in [2.24, 2.45) is 0 Å². The van der Waals surface area contributed by atoms with E-state index >= 15 is 0 Å². The number of ether oxygens (including phenoxy) is 1. The van der Waals surface area contributed by atoms with Crippen molar-refractivity contribution in [1.82, 2.24) is 30.1 Å². The van der Waals surface area contributed by atoms with E-state index in [-0.39, 0.29) is 19.0 Å². The van der Waals surface area contributed by atoms with Gasteiger partial charge in [-0.15, -0.1) is 0 Å². The maximum atomic E-state index is 13.2. The Bertz CT molecular complexity index is 1480. The van der Waals surface area contributed by atoms with Crippen molar-refractivity contribution < 1.29 is 41.7 Å². The van der Waals surface area contributed by atoms with Crippen LogP contribution in [0.15, 0.2) is 18.2 Å². The Kier molecular flexibility index (Phi) is 10.3. The Morgan fingerprint density at radius 1 is 1.19 bits per heavy atom. The number of benzene rings is 1. The van der Waals surface area contributed by atoms with E-state index < -0.39 is 40.5 Å². The third kappa shape index (κ3) is 7.67. The zero-order chi connectivity index (χ0) is 31.2. The second kappa shape index (κ2) is 13.5. The highest BCUT2D eigenvalue weighted by molar-refractivity contribution is 6.31. The summed E-state index contributed by atoms with van der Waals surface area (Å²) in [4.78, 5) is 50.5. The number of carbonyl (C=O) groups is 3. The summed E-state index contributed by atoms with van der Waals surface area (Å²) in [6.45, 7) is 3.12. The summed E-state index contributed by atoms with van der Waals surface area (Å²) in [6.07, 6.45) is -5.32. The number of carbonyl (C=O) groups excluding carboxylic acids is 3. The summed E-state index contributed by atoms with van der Waals surface area (Å²) < 4.78 is 46.7. The number of halogens is 4. The number of anilines is 2. The number of aryl methyl sites for hydroxylation is 1. The number of nitrogens with zero attached hydrogens (tertiary/aromatic N) is 5. The van der Waals surface area contributed by atoms with E-state index in [0.717, 1.165) is 5.52 Å². The van der Waals surface area contributed by atoms with E-state index in [2.05, 4.69) is 25.4 Å². The van der Waals surface area contributed by atoms with Crippen LogP contribution in [-0.4, -0.2) is 77.7 Å². The normalized spacial score (nSPS) is 11.5. The van der Waals surface area contributed by atoms with Gasteiger partial charge in [0, 0.05) is 19.2 Å². The molecule has 0 aliphatic heterocycles. The molecule has 0 aliphatic rings. The maximum absolute atomic E-state index is 13.2. The average Bonchev–Trinajstić information content (AvgIpc) is 3.22. The monoisotopic (exact) mass is 616 g/mol. The number of hydrogen-bond donors (Lipinski definition) is 4. The first-order valence-corrected chi connectivity index (χ1v) is 12.8. The minimum Gasteiger partial charge on any atom is -0.497 e. The minimum atomic E-state index is -5.32. The molecular weight excluding hydrogens is 587 g/mol. The lowest BCUT2D eigenvalue weighted by molar-refractivity contribution is -0.667. The fourth-order valence-corrected chi connectivity index (χ4v) is 4.02. The van der Waals surface area contributed by atoms with Crippen LogP contribution in [-0.2, 0) is 34.1 Å². The van der Waals surface area contributed by atoms with Crippen LogP contribution in [0.25, 0.3) is 11.0 Å². The molecule has 0 atom stereocenters. The molecule has 0 saturated heterocycles. The first-order valence-electron chi connectivity index (χ1n) is 12.4. The number of nitrogens with one attached hydrogen (secondary N) is 3. The lowest BCUT2D eigenvalue weighted by atomic mass is 10.3. The van der Waals surface area contributed by atoms with Gasteiger partial charge >= 0.3 is 12.1 Å². The average molecular weight is 617 g/mol. The third-order valence-corrected chi connectivity index (χ3v) is 6.14. The van der Waals surface area contributed by atoms with Gasteiger partial charge in [-0.3, -0.25) is 9.59 Å². The van der Waals surface area contributed by atoms with Crippen LogP contribution in [0.3, 0.4) is 0 Å². The molecule has 0 saturated carbocycles. The van der Waals surface area contributed by atoms with Crippen molar-refractivity contribution in [3.63, 3.8) is 0 Å². The molecule has 3 rings (SSSR count). The van der Waals surface area contributed by atoms with Crippen LogP contribution in [0.2, 0.25) is 5.15 Å². The van der Waals surface area contributed by atoms with E-state index in [4.69, 9.17) is 22.1 Å². The van der Waals surface area contributed by atoms with Crippen molar-refractivity contribution in [1.29, 1.82) is 0 Å². The van der Waals surface area contributed by atoms with Crippen molar-refractivity contribution in [3.8, 4) is 5.75 Å². The minimum absolute atomic E-state index is 0.0812. The molecule has 2 amide bonds. The Balaban J connectivity index is 1.94. The number of alkyl halides is 3. The quantitative estimate of drug-likeness (QED) is 0.170. The van der Waals surface area contributed by atoms with E-state index in [0.29, 0.717) is 36.7 Å². The topological polar surface area (TPSA) is 170 Å². The predicted molar refractivity (Wildman–Crippen MR) is 144 cm³/mol. The highest BCUT2D eigenvalue weighted by Gasteiger charge is 2.42. The smallest absolute Gasteiger partial charge is 0.493 e. The van der Waals surface area contributed by atoms with Crippen LogP contribution in [0.5, 0.6) is 5.75 Å². The summed E-state index contributed by atoms with van der Waals surface area (Å²) in [5.41, 5.74) is 8.04. The second-order valence-electron chi connectivity index (χ2n) is 9.02. The molecule has 42 heavy (non-hydrogen) atoms. The summed E-state index contributed by atoms with van der Waals surface area (Å²) in [5, 5.41) is 5.04. The Morgan fingerprint density at radius 3 is 2.52 bits per heavy atom. The van der Waals surface area contributed by atoms with Gasteiger partial charge in [0.1, 0.15) is 12.3 Å². The molecule has 0 fully saturated rings. The van der Waals surface area contributed by atoms with Crippen LogP contribution < -0.4 is 31.2 Å². The first-order chi connectivity index (χ1) is 19.8. The zero-order valence-corrected chi connectivity index (χ0v) is 23.9. The number of hydrogen-bond acceptors (Lipinski definition) is 10. The van der Waals surface area contributed by atoms with Crippen LogP contribution in [0, 0.1) is 0 Å². The van der Waals surface area contributed by atoms with Gasteiger partial charge < -0.3 is 30.8 Å². The van der Waals surface area contributed by atoms with Crippen molar-refractivity contribution in [2.45, 2.75) is 32.7 Å². The van der Waals surface area contributed by atoms with Gasteiger partial charge in [-0.25, -0.2) is 23.9 Å². The van der Waals surface area contributed by atoms with Crippen molar-refractivity contribution >= 4 is 52.1 Å². The molecule has 0 aliphatic carbocycles. The molecule has 5 N–H and O–H groups in total. The first kappa shape index (κ1) is 32.1. The van der Waals surface area contributed by atoms with Crippen LogP contribution >= 0.6 is 11.6 Å². The Hall–Kier alpha value is -4.38. The molecule has 228 valence electrons. The van der Waals surface area contributed by atoms with Gasteiger partial charge in [0.05, 0.1) is 13.7 Å². The number of nitrogen functional groups attached to an aromatic ring is 1. The molecule has 2 heterocycles. The maximum Gasteiger partial charge on any atom is 0.493 e. The number of methoxy groups -OCH3 is 1. The van der Waals surface area contributed by atoms with Gasteiger partial charge in [-0.05, 0) is 33.2 Å². The predicted octanol–water partition coefficient (Wildman–Crippen LogP) is 1.02. The molecular formula is C24H30ClF3N9O5+. The van der Waals surface area contributed by atoms with Crippen LogP contribution in [0.4, 0.5) is 24.8 Å². The van der Waals surface area contributed by atoms with Gasteiger partial charge in [-0.1, -0.05) is 11.6 Å². The number of aromatic nitrogens is 4. The van der Waals surface area contributed by atoms with E-state index in [1.807, 2.05) is 30.5 Å². The molecule has 0 spiro atoms. The summed E-state index contributed by atoms with van der Waals surface area (Å²) >= 11 is 5.89. The zero-order valence-electron chi connectivity index (χ0n) is 23.1. The van der Waals surface area contributed by atoms with Gasteiger partial charge in [0.2, 0.25) is 0 Å². The fourth-order valence-electron chi connectivity index (χ4n) is 3.89. The Morgan fingerprint density at radius 2 is 1.90 bits per heavy atom. The summed E-state index contributed by atoms with van der Waals surface area (Å²) in [5.74, 6) is -3.83. The highest BCUT2D eigenvalue weighted by Crippen LogP contribution is 2.23. The number of fused-ring (bicyclic) bond motifs is 1. The molecule has 1 aromatic carbocycles. The number of imidazole rings is 1. The molecule has 14 nitrogen and oxygen atoms in total. The Labute approximate surface area is 242 Å². The fraction of sp³-hybridized carbons (Fsp3) is 0.417. The summed E-state index contributed by atoms with van der Waals surface area (Å²) in [7, 11) is 5.28. The standard InChI is InChI=1S/C24H29ClF3N9O5/c1-5-36-15-10-13(41-4)6-7-14(15)37(12-16(38)30-8-9-35(2)3)17(36)11-31-22(39)18-21(33-20(29)19(25)32-18)34-42-23(40)24(26,27)28/h6-7,10H,5,8-9,11-12H2,1-4H3,(H4-,29,30,31,33,34,38,39)/p+1. The number of amides is 2. The third-order valence-electron chi connectivity index (χ3n) is 5.86. The molecule has 0 bridgehead atoms. The van der Waals surface area contributed by atoms with Crippen molar-refractivity contribution in [3.05, 3.63) is 34.9 Å². The molecule has 18 heteroatoms. The van der Waals surface area contributed by atoms with E-state index in [1.165, 1.54) is 7.11 Å². The van der Waals surface area contributed by atoms with Gasteiger partial charge in [-0.2, -0.15) is 18.7 Å². The number of nitrogens with two attached hydrogens (primary N) is 1. The molecule has 0 radical (unpaired) electrons. The summed E-state index contributed by atoms with van der Waals surface area (Å²) in [6, 6.07) is 5.30. The van der Waals surface area contributed by atoms with Crippen molar-refractivity contribution in [2.75, 3.05) is 45.5 Å². The van der Waals surface area contributed by atoms with E-state index in [9.17, 15) is 27.6 Å². The van der Waals surface area contributed by atoms with Gasteiger partial charge in [0.15, 0.2) is 40.1 Å². The SMILES string of the molecule is CCn1c(CNC(=O)c2nc(Cl)c(N)nc2NOC(=O)C(F)(F)F)[n+](CC(=O)NCCN(C)C)c2ccc(OC)cc21. The lowest BCUT2D eigenvalue weighted by Crippen LogP contribution is -2.48. The molecule has 0 unspecified atom stereocenters. The van der Waals surface area contributed by atoms with E-state index in [1.54, 1.807) is 28.2 Å². The largest absolute Gasteiger partial charge is 0.497 e. The van der Waals surface area contributed by atoms with Crippen LogP contribution in [0.1, 0.15) is 23.2 Å². The molecule has 3 aromatic rings. The van der Waals surface area contributed by atoms with Gasteiger partial charge in [0.25, 0.3) is 17.6 Å². The number of rotatable bonds is 12. The highest BCUT2D eigenvalue weighted by atomic mass is 35.5. The lowest BCUT2D eigenvalue weighted by Gasteiger charge is -2.12.